The first-order valence-corrected chi connectivity index (χ1v) is 7.49. The predicted molar refractivity (Wildman–Crippen MR) is 77.3 cm³/mol. The molecule has 2 unspecified atom stereocenters. The Morgan fingerprint density at radius 3 is 2.86 bits per heavy atom. The van der Waals surface area contributed by atoms with E-state index in [9.17, 15) is 9.18 Å². The fourth-order valence-electron chi connectivity index (χ4n) is 3.31. The van der Waals surface area contributed by atoms with Gasteiger partial charge < -0.3 is 10.1 Å². The van der Waals surface area contributed by atoms with Crippen LogP contribution in [0.4, 0.5) is 9.18 Å². The molecule has 1 aromatic rings. The minimum absolute atomic E-state index is 0.262. The Morgan fingerprint density at radius 2 is 2.19 bits per heavy atom. The van der Waals surface area contributed by atoms with E-state index >= 15 is 0 Å². The number of amides is 1. The molecule has 0 radical (unpaired) electrons. The zero-order valence-corrected chi connectivity index (χ0v) is 12.3. The van der Waals surface area contributed by atoms with E-state index in [2.05, 4.69) is 12.2 Å². The second-order valence-corrected chi connectivity index (χ2v) is 6.17. The Labute approximate surface area is 124 Å². The number of hydrogen-bond donors (Lipinski definition) is 1. The number of halogens is 1. The summed E-state index contributed by atoms with van der Waals surface area (Å²) >= 11 is 0. The molecule has 0 spiro atoms. The van der Waals surface area contributed by atoms with E-state index in [-0.39, 0.29) is 17.4 Å². The van der Waals surface area contributed by atoms with Gasteiger partial charge in [-0.25, -0.2) is 9.18 Å². The molecule has 0 aromatic heterocycles. The molecule has 21 heavy (non-hydrogen) atoms. The highest BCUT2D eigenvalue weighted by Crippen LogP contribution is 2.36. The summed E-state index contributed by atoms with van der Waals surface area (Å²) in [5.74, 6) is 0.125. The van der Waals surface area contributed by atoms with Crippen molar-refractivity contribution in [1.29, 1.82) is 0 Å². The molecule has 3 rings (SSSR count). The molecule has 2 heterocycles. The summed E-state index contributed by atoms with van der Waals surface area (Å²) in [4.78, 5) is 13.9. The van der Waals surface area contributed by atoms with Gasteiger partial charge in [-0.2, -0.15) is 0 Å². The third-order valence-electron chi connectivity index (χ3n) is 4.76. The molecular weight excluding hydrogens is 271 g/mol. The summed E-state index contributed by atoms with van der Waals surface area (Å²) in [6.07, 6.45) is 1.95. The van der Waals surface area contributed by atoms with Crippen LogP contribution < -0.4 is 5.32 Å². The van der Waals surface area contributed by atoms with Crippen molar-refractivity contribution in [2.24, 2.45) is 5.92 Å². The van der Waals surface area contributed by atoms with Gasteiger partial charge in [-0.15, -0.1) is 0 Å². The van der Waals surface area contributed by atoms with Gasteiger partial charge in [0.2, 0.25) is 0 Å². The zero-order valence-electron chi connectivity index (χ0n) is 12.3. The molecule has 1 aromatic carbocycles. The van der Waals surface area contributed by atoms with Gasteiger partial charge in [0.05, 0.1) is 5.54 Å². The van der Waals surface area contributed by atoms with Gasteiger partial charge in [-0.3, -0.25) is 4.90 Å². The highest BCUT2D eigenvalue weighted by Gasteiger charge is 2.48. The lowest BCUT2D eigenvalue weighted by atomic mass is 9.80. The Balaban J connectivity index is 1.79. The van der Waals surface area contributed by atoms with Crippen LogP contribution >= 0.6 is 0 Å². The lowest BCUT2D eigenvalue weighted by molar-refractivity contribution is 0.0922. The number of rotatable bonds is 3. The van der Waals surface area contributed by atoms with Crippen LogP contribution in [-0.4, -0.2) is 36.2 Å². The van der Waals surface area contributed by atoms with Crippen molar-refractivity contribution < 1.29 is 13.9 Å². The monoisotopic (exact) mass is 292 g/mol. The third kappa shape index (κ3) is 2.75. The van der Waals surface area contributed by atoms with Crippen molar-refractivity contribution in [3.8, 4) is 0 Å². The first-order valence-electron chi connectivity index (χ1n) is 7.49. The van der Waals surface area contributed by atoms with Crippen LogP contribution in [0.1, 0.15) is 25.3 Å². The quantitative estimate of drug-likeness (QED) is 0.931. The lowest BCUT2D eigenvalue weighted by Crippen LogP contribution is -2.54. The average molecular weight is 292 g/mol. The van der Waals surface area contributed by atoms with Crippen LogP contribution in [-0.2, 0) is 11.3 Å². The molecule has 0 bridgehead atoms. The number of carbonyl (C=O) groups excluding carboxylic acids is 1. The predicted octanol–water partition coefficient (Wildman–Crippen LogP) is 2.54. The maximum Gasteiger partial charge on any atom is 0.410 e. The van der Waals surface area contributed by atoms with Crippen LogP contribution in [0.5, 0.6) is 0 Å². The second-order valence-electron chi connectivity index (χ2n) is 6.17. The maximum absolute atomic E-state index is 13.0. The second kappa shape index (κ2) is 5.64. The van der Waals surface area contributed by atoms with E-state index < -0.39 is 0 Å². The topological polar surface area (TPSA) is 41.6 Å². The fraction of sp³-hybridized carbons (Fsp3) is 0.562. The number of piperidine rings is 1. The molecule has 1 N–H and O–H groups in total. The molecule has 2 aliphatic rings. The zero-order chi connectivity index (χ0) is 14.9. The van der Waals surface area contributed by atoms with Crippen LogP contribution in [0.15, 0.2) is 24.3 Å². The molecule has 2 aliphatic heterocycles. The molecular formula is C16H21FN2O2. The summed E-state index contributed by atoms with van der Waals surface area (Å²) in [7, 11) is 0. The number of benzene rings is 1. The SMILES string of the molecule is CC1(C2CCCNC2)COC(=O)N1Cc1ccc(F)cc1. The average Bonchev–Trinajstić information content (AvgIpc) is 2.80. The van der Waals surface area contributed by atoms with E-state index in [0.29, 0.717) is 19.1 Å². The van der Waals surface area contributed by atoms with Gasteiger partial charge in [0, 0.05) is 13.1 Å². The summed E-state index contributed by atoms with van der Waals surface area (Å²) in [6.45, 7) is 4.94. The third-order valence-corrected chi connectivity index (χ3v) is 4.76. The van der Waals surface area contributed by atoms with Gasteiger partial charge in [-0.1, -0.05) is 12.1 Å². The Bertz CT molecular complexity index is 514. The van der Waals surface area contributed by atoms with Crippen molar-refractivity contribution in [3.63, 3.8) is 0 Å². The first-order chi connectivity index (χ1) is 10.1. The Morgan fingerprint density at radius 1 is 1.43 bits per heavy atom. The van der Waals surface area contributed by atoms with Gasteiger partial charge in [-0.05, 0) is 49.9 Å². The lowest BCUT2D eigenvalue weighted by Gasteiger charge is -2.41. The van der Waals surface area contributed by atoms with Crippen LogP contribution in [0.3, 0.4) is 0 Å². The molecule has 5 heteroatoms. The van der Waals surface area contributed by atoms with Crippen molar-refractivity contribution in [2.45, 2.75) is 31.8 Å². The number of ether oxygens (including phenoxy) is 1. The number of nitrogens with one attached hydrogen (secondary N) is 1. The van der Waals surface area contributed by atoms with E-state index in [0.717, 1.165) is 31.5 Å². The van der Waals surface area contributed by atoms with E-state index in [1.54, 1.807) is 17.0 Å². The molecule has 2 saturated heterocycles. The minimum Gasteiger partial charge on any atom is -0.447 e. The summed E-state index contributed by atoms with van der Waals surface area (Å²) in [5.41, 5.74) is 0.629. The highest BCUT2D eigenvalue weighted by atomic mass is 19.1. The number of cyclic esters (lactones) is 1. The number of carbonyl (C=O) groups is 1. The Hall–Kier alpha value is -1.62. The standard InChI is InChI=1S/C16H21FN2O2/c1-16(13-3-2-8-18-9-13)11-21-15(20)19(16)10-12-4-6-14(17)7-5-12/h4-7,13,18H,2-3,8-11H2,1H3. The summed E-state index contributed by atoms with van der Waals surface area (Å²) in [5, 5.41) is 3.40. The molecule has 1 amide bonds. The van der Waals surface area contributed by atoms with Crippen LogP contribution in [0, 0.1) is 11.7 Å². The highest BCUT2D eigenvalue weighted by molar-refractivity contribution is 5.71. The molecule has 4 nitrogen and oxygen atoms in total. The summed E-state index contributed by atoms with van der Waals surface area (Å²) < 4.78 is 18.3. The molecule has 2 fully saturated rings. The van der Waals surface area contributed by atoms with E-state index in [4.69, 9.17) is 4.74 Å². The molecule has 2 atom stereocenters. The maximum atomic E-state index is 13.0. The number of hydrogen-bond acceptors (Lipinski definition) is 3. The molecule has 0 saturated carbocycles. The Kier molecular flexibility index (Phi) is 3.85. The number of nitrogens with zero attached hydrogens (tertiary/aromatic N) is 1. The van der Waals surface area contributed by atoms with Crippen molar-refractivity contribution in [2.75, 3.05) is 19.7 Å². The largest absolute Gasteiger partial charge is 0.447 e. The van der Waals surface area contributed by atoms with Crippen molar-refractivity contribution in [1.82, 2.24) is 10.2 Å². The smallest absolute Gasteiger partial charge is 0.410 e. The van der Waals surface area contributed by atoms with E-state index in [1.165, 1.54) is 12.1 Å². The summed E-state index contributed by atoms with van der Waals surface area (Å²) in [6, 6.07) is 6.30. The van der Waals surface area contributed by atoms with Crippen molar-refractivity contribution >= 4 is 6.09 Å². The molecule has 114 valence electrons. The fourth-order valence-corrected chi connectivity index (χ4v) is 3.31. The van der Waals surface area contributed by atoms with Gasteiger partial charge in [0.15, 0.2) is 0 Å². The normalized spacial score (nSPS) is 29.5. The van der Waals surface area contributed by atoms with Gasteiger partial charge in [0.1, 0.15) is 12.4 Å². The first kappa shape index (κ1) is 14.3. The van der Waals surface area contributed by atoms with Crippen LogP contribution in [0.25, 0.3) is 0 Å². The van der Waals surface area contributed by atoms with Crippen LogP contribution in [0.2, 0.25) is 0 Å². The van der Waals surface area contributed by atoms with Gasteiger partial charge in [0.25, 0.3) is 0 Å². The molecule has 0 aliphatic carbocycles. The van der Waals surface area contributed by atoms with E-state index in [1.807, 2.05) is 0 Å². The van der Waals surface area contributed by atoms with Crippen molar-refractivity contribution in [3.05, 3.63) is 35.6 Å². The minimum atomic E-state index is -0.293. The van der Waals surface area contributed by atoms with Gasteiger partial charge >= 0.3 is 6.09 Å².